The predicted molar refractivity (Wildman–Crippen MR) is 62.5 cm³/mol. The first-order valence-corrected chi connectivity index (χ1v) is 5.76. The quantitative estimate of drug-likeness (QED) is 0.820. The molecule has 86 valence electrons. The summed E-state index contributed by atoms with van der Waals surface area (Å²) in [4.78, 5) is 0. The third-order valence-electron chi connectivity index (χ3n) is 2.20. The maximum atomic E-state index is 9.82. The maximum absolute atomic E-state index is 9.82. The van der Waals surface area contributed by atoms with Crippen LogP contribution in [0.25, 0.3) is 0 Å². The van der Waals surface area contributed by atoms with Gasteiger partial charge in [0.05, 0.1) is 24.8 Å². The average Bonchev–Trinajstić information content (AvgIpc) is 2.35. The summed E-state index contributed by atoms with van der Waals surface area (Å²) in [6.07, 6.45) is -1.95. The van der Waals surface area contributed by atoms with Crippen molar-refractivity contribution in [2.75, 3.05) is 12.4 Å². The summed E-state index contributed by atoms with van der Waals surface area (Å²) in [6, 6.07) is 6.65. The molecule has 2 N–H and O–H groups in total. The summed E-state index contributed by atoms with van der Waals surface area (Å²) in [5, 5.41) is 28.3. The summed E-state index contributed by atoms with van der Waals surface area (Å²) < 4.78 is 5.07. The van der Waals surface area contributed by atoms with E-state index in [2.05, 4.69) is 15.9 Å². The molecule has 2 atom stereocenters. The van der Waals surface area contributed by atoms with Crippen molar-refractivity contribution in [3.8, 4) is 11.8 Å². The Hall–Kier alpha value is -1.09. The zero-order chi connectivity index (χ0) is 12.1. The number of alkyl halides is 1. The van der Waals surface area contributed by atoms with Crippen molar-refractivity contribution < 1.29 is 14.9 Å². The average molecular weight is 286 g/mol. The highest BCUT2D eigenvalue weighted by Gasteiger charge is 2.20. The van der Waals surface area contributed by atoms with Gasteiger partial charge in [-0.15, -0.1) is 0 Å². The Kier molecular flexibility index (Phi) is 4.74. The molecule has 1 rings (SSSR count). The minimum absolute atomic E-state index is 0.261. The van der Waals surface area contributed by atoms with Crippen LogP contribution in [0.5, 0.6) is 5.75 Å². The van der Waals surface area contributed by atoms with Crippen LogP contribution < -0.4 is 4.74 Å². The van der Waals surface area contributed by atoms with Crippen LogP contribution in [0, 0.1) is 11.3 Å². The van der Waals surface area contributed by atoms with Crippen molar-refractivity contribution in [3.63, 3.8) is 0 Å². The Bertz CT molecular complexity index is 403. The van der Waals surface area contributed by atoms with Gasteiger partial charge in [0.15, 0.2) is 0 Å². The molecular formula is C11H12BrNO3. The highest BCUT2D eigenvalue weighted by Crippen LogP contribution is 2.28. The third-order valence-corrected chi connectivity index (χ3v) is 2.87. The highest BCUT2D eigenvalue weighted by atomic mass is 79.9. The molecule has 0 heterocycles. The van der Waals surface area contributed by atoms with Crippen molar-refractivity contribution in [2.45, 2.75) is 12.2 Å². The van der Waals surface area contributed by atoms with E-state index in [4.69, 9.17) is 10.00 Å². The maximum Gasteiger partial charge on any atom is 0.126 e. The van der Waals surface area contributed by atoms with Gasteiger partial charge in [0.2, 0.25) is 0 Å². The first kappa shape index (κ1) is 13.0. The number of benzene rings is 1. The van der Waals surface area contributed by atoms with E-state index in [1.54, 1.807) is 12.1 Å². The number of nitrogens with zero attached hydrogens (tertiary/aromatic N) is 1. The van der Waals surface area contributed by atoms with Crippen molar-refractivity contribution in [2.24, 2.45) is 0 Å². The largest absolute Gasteiger partial charge is 0.496 e. The molecule has 1 aromatic carbocycles. The fourth-order valence-corrected chi connectivity index (χ4v) is 1.67. The number of aliphatic hydroxyl groups is 2. The van der Waals surface area contributed by atoms with Crippen LogP contribution in [-0.2, 0) is 0 Å². The van der Waals surface area contributed by atoms with E-state index in [1.807, 2.05) is 6.07 Å². The number of ether oxygens (including phenoxy) is 1. The number of rotatable bonds is 4. The molecule has 0 spiro atoms. The molecule has 1 aromatic rings. The van der Waals surface area contributed by atoms with Gasteiger partial charge in [-0.05, 0) is 12.1 Å². The molecule has 0 fully saturated rings. The molecule has 0 amide bonds. The van der Waals surface area contributed by atoms with Crippen molar-refractivity contribution in [3.05, 3.63) is 29.3 Å². The topological polar surface area (TPSA) is 73.5 Å². The SMILES string of the molecule is COc1cc(C#N)ccc1C(O)C(O)CBr. The number of aliphatic hydroxyl groups excluding tert-OH is 2. The minimum Gasteiger partial charge on any atom is -0.496 e. The minimum atomic E-state index is -1.04. The molecule has 2 unspecified atom stereocenters. The van der Waals surface area contributed by atoms with E-state index in [0.717, 1.165) is 0 Å². The molecule has 0 aliphatic carbocycles. The van der Waals surface area contributed by atoms with E-state index in [0.29, 0.717) is 16.9 Å². The number of hydrogen-bond donors (Lipinski definition) is 2. The smallest absolute Gasteiger partial charge is 0.126 e. The molecule has 0 aliphatic rings. The molecule has 4 nitrogen and oxygen atoms in total. The normalized spacial score (nSPS) is 13.9. The van der Waals surface area contributed by atoms with Crippen molar-refractivity contribution >= 4 is 15.9 Å². The molecule has 0 saturated carbocycles. The monoisotopic (exact) mass is 285 g/mol. The lowest BCUT2D eigenvalue weighted by Gasteiger charge is -2.18. The lowest BCUT2D eigenvalue weighted by molar-refractivity contribution is 0.0327. The van der Waals surface area contributed by atoms with E-state index in [9.17, 15) is 10.2 Å². The van der Waals surface area contributed by atoms with Crippen molar-refractivity contribution in [1.29, 1.82) is 5.26 Å². The van der Waals surface area contributed by atoms with E-state index in [-0.39, 0.29) is 5.33 Å². The zero-order valence-electron chi connectivity index (χ0n) is 8.72. The summed E-state index contributed by atoms with van der Waals surface area (Å²) >= 11 is 3.08. The van der Waals surface area contributed by atoms with Crippen LogP contribution in [0.3, 0.4) is 0 Å². The van der Waals surface area contributed by atoms with Gasteiger partial charge >= 0.3 is 0 Å². The molecule has 0 saturated heterocycles. The second-order valence-electron chi connectivity index (χ2n) is 3.24. The molecule has 5 heteroatoms. The summed E-state index contributed by atoms with van der Waals surface area (Å²) in [5.41, 5.74) is 0.912. The van der Waals surface area contributed by atoms with Gasteiger partial charge < -0.3 is 14.9 Å². The molecule has 0 aromatic heterocycles. The van der Waals surface area contributed by atoms with Gasteiger partial charge in [-0.25, -0.2) is 0 Å². The van der Waals surface area contributed by atoms with Gasteiger partial charge in [-0.2, -0.15) is 5.26 Å². The molecule has 16 heavy (non-hydrogen) atoms. The van der Waals surface area contributed by atoms with Crippen molar-refractivity contribution in [1.82, 2.24) is 0 Å². The number of halogens is 1. The molecule has 0 radical (unpaired) electrons. The van der Waals surface area contributed by atoms with Gasteiger partial charge in [0, 0.05) is 10.9 Å². The fraction of sp³-hybridized carbons (Fsp3) is 0.364. The Labute approximate surface area is 102 Å². The van der Waals surface area contributed by atoms with Gasteiger partial charge in [-0.1, -0.05) is 22.0 Å². The van der Waals surface area contributed by atoms with Crippen LogP contribution in [0.15, 0.2) is 18.2 Å². The first-order valence-electron chi connectivity index (χ1n) is 4.64. The molecule has 0 bridgehead atoms. The Morgan fingerprint density at radius 3 is 2.69 bits per heavy atom. The Balaban J connectivity index is 3.09. The van der Waals surface area contributed by atoms with Gasteiger partial charge in [0.1, 0.15) is 11.9 Å². The van der Waals surface area contributed by atoms with Crippen LogP contribution in [0.4, 0.5) is 0 Å². The standard InChI is InChI=1S/C11H12BrNO3/c1-16-10-4-7(6-13)2-3-8(10)11(15)9(14)5-12/h2-4,9,11,14-15H,5H2,1H3. The summed E-state index contributed by atoms with van der Waals surface area (Å²) in [6.45, 7) is 0. The van der Waals surface area contributed by atoms with Crippen LogP contribution in [0.2, 0.25) is 0 Å². The van der Waals surface area contributed by atoms with Crippen LogP contribution in [0.1, 0.15) is 17.2 Å². The number of nitriles is 1. The zero-order valence-corrected chi connectivity index (χ0v) is 10.3. The second-order valence-corrected chi connectivity index (χ2v) is 3.88. The fourth-order valence-electron chi connectivity index (χ4n) is 1.32. The number of hydrogen-bond acceptors (Lipinski definition) is 4. The van der Waals surface area contributed by atoms with E-state index < -0.39 is 12.2 Å². The molecular weight excluding hydrogens is 274 g/mol. The van der Waals surface area contributed by atoms with E-state index in [1.165, 1.54) is 13.2 Å². The number of methoxy groups -OCH3 is 1. The summed E-state index contributed by atoms with van der Waals surface area (Å²) in [7, 11) is 1.45. The lowest BCUT2D eigenvalue weighted by atomic mass is 10.0. The Morgan fingerprint density at radius 2 is 2.19 bits per heavy atom. The van der Waals surface area contributed by atoms with Crippen LogP contribution in [-0.4, -0.2) is 28.8 Å². The molecule has 0 aliphatic heterocycles. The van der Waals surface area contributed by atoms with E-state index >= 15 is 0 Å². The second kappa shape index (κ2) is 5.85. The summed E-state index contributed by atoms with van der Waals surface area (Å²) in [5.74, 6) is 0.395. The van der Waals surface area contributed by atoms with Crippen LogP contribution >= 0.6 is 15.9 Å². The highest BCUT2D eigenvalue weighted by molar-refractivity contribution is 9.09. The first-order chi connectivity index (χ1) is 7.63. The Morgan fingerprint density at radius 1 is 1.50 bits per heavy atom. The van der Waals surface area contributed by atoms with Gasteiger partial charge in [0.25, 0.3) is 0 Å². The third kappa shape index (κ3) is 2.73. The predicted octanol–water partition coefficient (Wildman–Crippen LogP) is 1.36. The lowest BCUT2D eigenvalue weighted by Crippen LogP contribution is -2.20. The van der Waals surface area contributed by atoms with Gasteiger partial charge in [-0.3, -0.25) is 0 Å².